The smallest absolute Gasteiger partial charge is 0.303 e. The minimum atomic E-state index is -1.31. The quantitative estimate of drug-likeness (QED) is 0.254. The molecule has 0 bridgehead atoms. The Morgan fingerprint density at radius 2 is 1.64 bits per heavy atom. The van der Waals surface area contributed by atoms with E-state index in [0.29, 0.717) is 12.3 Å². The highest BCUT2D eigenvalue weighted by atomic mass is 16.7. The molecule has 2 spiro atoms. The molecule has 4 N–H and O–H groups in total. The minimum absolute atomic E-state index is 0.0668. The number of Topliss-reactive ketones (excluding diaryl/α,β-unsaturated/α-hetero) is 1. The Bertz CT molecular complexity index is 1290. The van der Waals surface area contributed by atoms with Gasteiger partial charge in [0.2, 0.25) is 0 Å². The standard InChI is InChI=1S/C37H58O10/c1-18-15-21(30(33(5,6)43)45-19(2)38)46-28-25(18)34(7)13-14-37-17-36(37)12-11-24(47-31-27(41)26(40)20(39)16-44-31)32(3,4)22(36)9-10-23(37)35(34,8)29(28)42/h18,20-28,30-31,39-41,43H,9-17H2,1-8H3/t18-,20+,21-,22+,23+,24+,25+,26+,27-,28-,30+,31+,34-,35-,36-,37+/m1/s1. The lowest BCUT2D eigenvalue weighted by atomic mass is 9.41. The van der Waals surface area contributed by atoms with Crippen LogP contribution in [0.3, 0.4) is 0 Å². The van der Waals surface area contributed by atoms with Crippen LogP contribution in [0.2, 0.25) is 0 Å². The van der Waals surface area contributed by atoms with E-state index in [-0.39, 0.29) is 57.9 Å². The van der Waals surface area contributed by atoms with E-state index in [0.717, 1.165) is 44.9 Å². The maximum atomic E-state index is 15.0. The van der Waals surface area contributed by atoms with Crippen LogP contribution < -0.4 is 0 Å². The zero-order valence-electron chi connectivity index (χ0n) is 29.5. The van der Waals surface area contributed by atoms with Crippen molar-refractivity contribution in [1.29, 1.82) is 0 Å². The van der Waals surface area contributed by atoms with Crippen LogP contribution in [0.5, 0.6) is 0 Å². The molecule has 7 fully saturated rings. The summed E-state index contributed by atoms with van der Waals surface area (Å²) in [5.74, 6) is 0.603. The molecule has 0 aromatic heterocycles. The van der Waals surface area contributed by atoms with E-state index in [2.05, 4.69) is 34.6 Å². The number of hydrogen-bond acceptors (Lipinski definition) is 10. The molecule has 5 aliphatic carbocycles. The third-order valence-electron chi connectivity index (χ3n) is 15.6. The molecule has 2 aliphatic heterocycles. The lowest BCUT2D eigenvalue weighted by molar-refractivity contribution is -0.302. The van der Waals surface area contributed by atoms with Crippen molar-refractivity contribution in [1.82, 2.24) is 0 Å². The van der Waals surface area contributed by atoms with Crippen LogP contribution in [-0.2, 0) is 28.5 Å². The topological polar surface area (TPSA) is 152 Å². The van der Waals surface area contributed by atoms with Gasteiger partial charge in [0.05, 0.1) is 24.4 Å². The molecular weight excluding hydrogens is 604 g/mol. The Balaban J connectivity index is 1.15. The normalized spacial score (nSPS) is 53.9. The number of esters is 1. The Morgan fingerprint density at radius 3 is 2.30 bits per heavy atom. The summed E-state index contributed by atoms with van der Waals surface area (Å²) in [6.07, 6.45) is 0.691. The molecule has 0 amide bonds. The summed E-state index contributed by atoms with van der Waals surface area (Å²) in [6.45, 7) is 15.9. The highest BCUT2D eigenvalue weighted by Gasteiger charge is 2.85. The highest BCUT2D eigenvalue weighted by Crippen LogP contribution is 2.89. The van der Waals surface area contributed by atoms with Crippen molar-refractivity contribution in [2.24, 2.45) is 50.7 Å². The van der Waals surface area contributed by atoms with Crippen molar-refractivity contribution < 1.29 is 49.0 Å². The first-order valence-electron chi connectivity index (χ1n) is 18.2. The van der Waals surface area contributed by atoms with E-state index in [1.165, 1.54) is 6.92 Å². The van der Waals surface area contributed by atoms with Gasteiger partial charge >= 0.3 is 5.97 Å². The van der Waals surface area contributed by atoms with Crippen LogP contribution >= 0.6 is 0 Å². The van der Waals surface area contributed by atoms with Gasteiger partial charge in [-0.25, -0.2) is 0 Å². The van der Waals surface area contributed by atoms with Crippen molar-refractivity contribution >= 4 is 11.8 Å². The van der Waals surface area contributed by atoms with E-state index in [1.54, 1.807) is 13.8 Å². The van der Waals surface area contributed by atoms with Crippen molar-refractivity contribution in [2.75, 3.05) is 6.61 Å². The van der Waals surface area contributed by atoms with Gasteiger partial charge in [-0.05, 0) is 105 Å². The Labute approximate surface area is 279 Å². The Hall–Kier alpha value is -1.14. The van der Waals surface area contributed by atoms with Gasteiger partial charge in [-0.3, -0.25) is 9.59 Å². The number of aliphatic hydroxyl groups is 4. The van der Waals surface area contributed by atoms with Gasteiger partial charge in [-0.15, -0.1) is 0 Å². The molecule has 2 saturated heterocycles. The van der Waals surface area contributed by atoms with Gasteiger partial charge in [0.1, 0.15) is 24.4 Å². The molecule has 0 aromatic carbocycles. The highest BCUT2D eigenvalue weighted by molar-refractivity contribution is 5.93. The summed E-state index contributed by atoms with van der Waals surface area (Å²) in [4.78, 5) is 27.0. The number of carbonyl (C=O) groups excluding carboxylic acids is 2. The summed E-state index contributed by atoms with van der Waals surface area (Å²) in [5, 5.41) is 41.8. The molecule has 10 nitrogen and oxygen atoms in total. The van der Waals surface area contributed by atoms with E-state index in [4.69, 9.17) is 18.9 Å². The van der Waals surface area contributed by atoms with Crippen molar-refractivity contribution in [2.45, 2.75) is 161 Å². The second kappa shape index (κ2) is 10.7. The van der Waals surface area contributed by atoms with Crippen molar-refractivity contribution in [3.63, 3.8) is 0 Å². The fourth-order valence-corrected chi connectivity index (χ4v) is 13.4. The Kier molecular flexibility index (Phi) is 7.80. The number of carbonyl (C=O) groups is 2. The van der Waals surface area contributed by atoms with Crippen LogP contribution in [0.15, 0.2) is 0 Å². The molecule has 266 valence electrons. The van der Waals surface area contributed by atoms with Crippen molar-refractivity contribution in [3.05, 3.63) is 0 Å². The first-order chi connectivity index (χ1) is 21.8. The van der Waals surface area contributed by atoms with Crippen LogP contribution in [0.25, 0.3) is 0 Å². The molecule has 5 saturated carbocycles. The lowest BCUT2D eigenvalue weighted by Crippen LogP contribution is -2.60. The van der Waals surface area contributed by atoms with Gasteiger partial charge in [-0.1, -0.05) is 34.6 Å². The SMILES string of the molecule is CC(=O)O[C@@H]([C@H]1C[C@@H](C)[C@H]2[C@@H](O1)C(=O)[C@@]1(C)[C@@H]3CC[C@H]4C(C)(C)[C@@H](O[C@@H]5OC[C@H](O)[C@H](O)[C@H]5O)CC[C@@]45C[C@@]35CC[C@]21C)C(C)(C)O. The van der Waals surface area contributed by atoms with Gasteiger partial charge < -0.3 is 39.4 Å². The first-order valence-corrected chi connectivity index (χ1v) is 18.2. The molecule has 7 aliphatic rings. The van der Waals surface area contributed by atoms with Gasteiger partial charge in [-0.2, -0.15) is 0 Å². The number of hydrogen-bond donors (Lipinski definition) is 4. The maximum Gasteiger partial charge on any atom is 0.303 e. The largest absolute Gasteiger partial charge is 0.457 e. The average Bonchev–Trinajstić information content (AvgIpc) is 3.61. The molecule has 2 heterocycles. The fraction of sp³-hybridized carbons (Fsp3) is 0.946. The number of fused-ring (bicyclic) bond motifs is 4. The monoisotopic (exact) mass is 662 g/mol. The zero-order valence-corrected chi connectivity index (χ0v) is 29.5. The number of ketones is 1. The summed E-state index contributed by atoms with van der Waals surface area (Å²) in [6, 6.07) is 0. The molecule has 0 aromatic rings. The van der Waals surface area contributed by atoms with E-state index < -0.39 is 59.9 Å². The third kappa shape index (κ3) is 4.46. The summed E-state index contributed by atoms with van der Waals surface area (Å²) in [7, 11) is 0. The van der Waals surface area contributed by atoms with Crippen molar-refractivity contribution in [3.8, 4) is 0 Å². The van der Waals surface area contributed by atoms with E-state index in [1.807, 2.05) is 0 Å². The molecule has 10 heteroatoms. The van der Waals surface area contributed by atoms with Gasteiger partial charge in [0, 0.05) is 18.3 Å². The lowest BCUT2D eigenvalue weighted by Gasteiger charge is -2.62. The molecule has 0 unspecified atom stereocenters. The average molecular weight is 663 g/mol. The molecule has 47 heavy (non-hydrogen) atoms. The maximum absolute atomic E-state index is 15.0. The fourth-order valence-electron chi connectivity index (χ4n) is 13.4. The van der Waals surface area contributed by atoms with Gasteiger partial charge in [0.15, 0.2) is 18.2 Å². The van der Waals surface area contributed by atoms with Crippen LogP contribution in [-0.4, -0.2) is 93.4 Å². The third-order valence-corrected chi connectivity index (χ3v) is 15.6. The van der Waals surface area contributed by atoms with Gasteiger partial charge in [0.25, 0.3) is 0 Å². The molecular formula is C37H58O10. The predicted molar refractivity (Wildman–Crippen MR) is 170 cm³/mol. The summed E-state index contributed by atoms with van der Waals surface area (Å²) in [5.41, 5.74) is -2.06. The second-order valence-corrected chi connectivity index (χ2v) is 18.4. The summed E-state index contributed by atoms with van der Waals surface area (Å²) < 4.78 is 24.4. The number of aliphatic hydroxyl groups excluding tert-OH is 3. The summed E-state index contributed by atoms with van der Waals surface area (Å²) >= 11 is 0. The van der Waals surface area contributed by atoms with Crippen LogP contribution in [0.4, 0.5) is 0 Å². The zero-order chi connectivity index (χ0) is 34.3. The molecule has 0 radical (unpaired) electrons. The second-order valence-electron chi connectivity index (χ2n) is 18.4. The first kappa shape index (κ1) is 34.3. The number of ether oxygens (including phenoxy) is 4. The van der Waals surface area contributed by atoms with Crippen LogP contribution in [0.1, 0.15) is 107 Å². The molecule has 7 rings (SSSR count). The number of rotatable bonds is 5. The van der Waals surface area contributed by atoms with E-state index in [9.17, 15) is 30.0 Å². The van der Waals surface area contributed by atoms with Crippen LogP contribution in [0, 0.1) is 50.7 Å². The Morgan fingerprint density at radius 1 is 0.979 bits per heavy atom. The minimum Gasteiger partial charge on any atom is -0.457 e. The predicted octanol–water partition coefficient (Wildman–Crippen LogP) is 3.53. The van der Waals surface area contributed by atoms with E-state index >= 15 is 0 Å². The molecule has 16 atom stereocenters.